The third kappa shape index (κ3) is 3.56. The number of hydrogen-bond acceptors (Lipinski definition) is 4. The van der Waals surface area contributed by atoms with Crippen LogP contribution >= 0.6 is 0 Å². The lowest BCUT2D eigenvalue weighted by Gasteiger charge is -2.14. The Bertz CT molecular complexity index is 712. The van der Waals surface area contributed by atoms with Crippen molar-refractivity contribution in [2.75, 3.05) is 18.7 Å². The molecule has 5 nitrogen and oxygen atoms in total. The van der Waals surface area contributed by atoms with Crippen LogP contribution in [0.15, 0.2) is 42.5 Å². The van der Waals surface area contributed by atoms with E-state index in [0.717, 1.165) is 11.3 Å². The van der Waals surface area contributed by atoms with E-state index in [1.807, 2.05) is 24.3 Å². The molecule has 1 N–H and O–H groups in total. The molecule has 2 aromatic rings. The fourth-order valence-electron chi connectivity index (χ4n) is 2.42. The van der Waals surface area contributed by atoms with E-state index in [-0.39, 0.29) is 19.3 Å². The average molecular weight is 313 g/mol. The van der Waals surface area contributed by atoms with Gasteiger partial charge in [-0.05, 0) is 29.7 Å². The molecule has 0 fully saturated rings. The first-order valence-corrected chi connectivity index (χ1v) is 7.54. The molecule has 0 radical (unpaired) electrons. The topological polar surface area (TPSA) is 56.8 Å². The summed E-state index contributed by atoms with van der Waals surface area (Å²) in [6.45, 7) is 4.33. The van der Waals surface area contributed by atoms with Gasteiger partial charge in [0.25, 0.3) is 5.91 Å². The zero-order valence-corrected chi connectivity index (χ0v) is 13.2. The van der Waals surface area contributed by atoms with Crippen LogP contribution in [-0.4, -0.2) is 19.3 Å². The molecule has 0 aromatic heterocycles. The highest BCUT2D eigenvalue weighted by atomic mass is 16.7. The van der Waals surface area contributed by atoms with E-state index < -0.39 is 0 Å². The molecule has 0 spiro atoms. The highest BCUT2D eigenvalue weighted by Gasteiger charge is 2.14. The van der Waals surface area contributed by atoms with Crippen LogP contribution < -0.4 is 19.5 Å². The van der Waals surface area contributed by atoms with Crippen molar-refractivity contribution < 1.29 is 19.0 Å². The number of anilines is 1. The lowest BCUT2D eigenvalue weighted by molar-refractivity contribution is -0.118. The number of benzene rings is 2. The number of ether oxygens (including phenoxy) is 3. The van der Waals surface area contributed by atoms with Crippen LogP contribution in [0.25, 0.3) is 0 Å². The van der Waals surface area contributed by atoms with Gasteiger partial charge >= 0.3 is 0 Å². The highest BCUT2D eigenvalue weighted by Crippen LogP contribution is 2.35. The standard InChI is InChI=1S/C18H19NO4/c1-12(2)14-5-3-4-6-15(14)19-18(20)10-21-13-7-8-16-17(9-13)23-11-22-16/h3-9,12H,10-11H2,1-2H3,(H,19,20). The summed E-state index contributed by atoms with van der Waals surface area (Å²) in [6, 6.07) is 13.0. The molecule has 1 aliphatic heterocycles. The van der Waals surface area contributed by atoms with Crippen molar-refractivity contribution in [3.63, 3.8) is 0 Å². The Balaban J connectivity index is 1.60. The number of para-hydroxylation sites is 1. The smallest absolute Gasteiger partial charge is 0.262 e. The zero-order valence-electron chi connectivity index (χ0n) is 13.2. The molecule has 0 bridgehead atoms. The number of hydrogen-bond donors (Lipinski definition) is 1. The van der Waals surface area contributed by atoms with E-state index in [1.54, 1.807) is 18.2 Å². The van der Waals surface area contributed by atoms with Crippen LogP contribution in [0.4, 0.5) is 5.69 Å². The van der Waals surface area contributed by atoms with Gasteiger partial charge in [-0.3, -0.25) is 4.79 Å². The van der Waals surface area contributed by atoms with Gasteiger partial charge in [0.2, 0.25) is 6.79 Å². The molecule has 0 saturated heterocycles. The van der Waals surface area contributed by atoms with Crippen LogP contribution in [0.2, 0.25) is 0 Å². The van der Waals surface area contributed by atoms with Gasteiger partial charge in [0.05, 0.1) is 0 Å². The minimum Gasteiger partial charge on any atom is -0.484 e. The maximum atomic E-state index is 12.1. The second kappa shape index (κ2) is 6.60. The maximum Gasteiger partial charge on any atom is 0.262 e. The number of fused-ring (bicyclic) bond motifs is 1. The molecule has 120 valence electrons. The number of amides is 1. The largest absolute Gasteiger partial charge is 0.484 e. The molecule has 0 aliphatic carbocycles. The summed E-state index contributed by atoms with van der Waals surface area (Å²) in [7, 11) is 0. The molecule has 2 aromatic carbocycles. The Morgan fingerprint density at radius 1 is 1.17 bits per heavy atom. The van der Waals surface area contributed by atoms with Crippen LogP contribution in [0.3, 0.4) is 0 Å². The predicted octanol–water partition coefficient (Wildman–Crippen LogP) is 3.56. The Hall–Kier alpha value is -2.69. The molecule has 0 atom stereocenters. The van der Waals surface area contributed by atoms with E-state index in [4.69, 9.17) is 14.2 Å². The Labute approximate surface area is 135 Å². The Morgan fingerprint density at radius 2 is 1.96 bits per heavy atom. The number of carbonyl (C=O) groups is 1. The van der Waals surface area contributed by atoms with Gasteiger partial charge < -0.3 is 19.5 Å². The summed E-state index contributed by atoms with van der Waals surface area (Å²) in [5.41, 5.74) is 1.92. The predicted molar refractivity (Wildman–Crippen MR) is 87.2 cm³/mol. The monoisotopic (exact) mass is 313 g/mol. The van der Waals surface area contributed by atoms with Crippen LogP contribution in [-0.2, 0) is 4.79 Å². The van der Waals surface area contributed by atoms with Gasteiger partial charge in [-0.25, -0.2) is 0 Å². The minimum absolute atomic E-state index is 0.0634. The summed E-state index contributed by atoms with van der Waals surface area (Å²) < 4.78 is 16.0. The average Bonchev–Trinajstić information content (AvgIpc) is 3.01. The summed E-state index contributed by atoms with van der Waals surface area (Å²) in [5, 5.41) is 2.89. The summed E-state index contributed by atoms with van der Waals surface area (Å²) in [6.07, 6.45) is 0. The van der Waals surface area contributed by atoms with Gasteiger partial charge in [-0.2, -0.15) is 0 Å². The zero-order chi connectivity index (χ0) is 16.2. The first-order chi connectivity index (χ1) is 11.1. The van der Waals surface area contributed by atoms with Crippen molar-refractivity contribution in [3.8, 4) is 17.2 Å². The van der Waals surface area contributed by atoms with Crippen molar-refractivity contribution in [1.82, 2.24) is 0 Å². The normalized spacial score (nSPS) is 12.3. The van der Waals surface area contributed by atoms with Gasteiger partial charge in [0.15, 0.2) is 18.1 Å². The lowest BCUT2D eigenvalue weighted by atomic mass is 10.0. The Morgan fingerprint density at radius 3 is 2.78 bits per heavy atom. The molecule has 5 heteroatoms. The van der Waals surface area contributed by atoms with Gasteiger partial charge in [0, 0.05) is 11.8 Å². The number of carbonyl (C=O) groups excluding carboxylic acids is 1. The second-order valence-corrected chi connectivity index (χ2v) is 5.59. The first-order valence-electron chi connectivity index (χ1n) is 7.54. The SMILES string of the molecule is CC(C)c1ccccc1NC(=O)COc1ccc2c(c1)OCO2. The summed E-state index contributed by atoms with van der Waals surface area (Å²) in [5.74, 6) is 2.03. The van der Waals surface area contributed by atoms with Gasteiger partial charge in [-0.15, -0.1) is 0 Å². The minimum atomic E-state index is -0.198. The van der Waals surface area contributed by atoms with Crippen molar-refractivity contribution in [3.05, 3.63) is 48.0 Å². The summed E-state index contributed by atoms with van der Waals surface area (Å²) in [4.78, 5) is 12.1. The number of nitrogens with one attached hydrogen (secondary N) is 1. The molecule has 0 unspecified atom stereocenters. The molecule has 3 rings (SSSR count). The maximum absolute atomic E-state index is 12.1. The molecule has 23 heavy (non-hydrogen) atoms. The first kappa shape index (κ1) is 15.2. The molecular weight excluding hydrogens is 294 g/mol. The van der Waals surface area contributed by atoms with Crippen LogP contribution in [0.5, 0.6) is 17.2 Å². The van der Waals surface area contributed by atoms with Crippen molar-refractivity contribution in [1.29, 1.82) is 0 Å². The van der Waals surface area contributed by atoms with E-state index in [0.29, 0.717) is 23.2 Å². The third-order valence-electron chi connectivity index (χ3n) is 3.57. The molecule has 1 aliphatic rings. The molecule has 1 heterocycles. The molecular formula is C18H19NO4. The van der Waals surface area contributed by atoms with E-state index in [1.165, 1.54) is 0 Å². The van der Waals surface area contributed by atoms with Crippen molar-refractivity contribution >= 4 is 11.6 Å². The van der Waals surface area contributed by atoms with Crippen molar-refractivity contribution in [2.24, 2.45) is 0 Å². The fourth-order valence-corrected chi connectivity index (χ4v) is 2.42. The molecule has 1 amide bonds. The highest BCUT2D eigenvalue weighted by molar-refractivity contribution is 5.92. The second-order valence-electron chi connectivity index (χ2n) is 5.59. The van der Waals surface area contributed by atoms with E-state index in [9.17, 15) is 4.79 Å². The van der Waals surface area contributed by atoms with Gasteiger partial charge in [-0.1, -0.05) is 32.0 Å². The number of rotatable bonds is 5. The fraction of sp³-hybridized carbons (Fsp3) is 0.278. The third-order valence-corrected chi connectivity index (χ3v) is 3.57. The molecule has 0 saturated carbocycles. The van der Waals surface area contributed by atoms with E-state index >= 15 is 0 Å². The summed E-state index contributed by atoms with van der Waals surface area (Å²) >= 11 is 0. The van der Waals surface area contributed by atoms with Crippen LogP contribution in [0, 0.1) is 0 Å². The van der Waals surface area contributed by atoms with Crippen molar-refractivity contribution in [2.45, 2.75) is 19.8 Å². The lowest BCUT2D eigenvalue weighted by Crippen LogP contribution is -2.21. The Kier molecular flexibility index (Phi) is 4.37. The van der Waals surface area contributed by atoms with Gasteiger partial charge in [0.1, 0.15) is 5.75 Å². The quantitative estimate of drug-likeness (QED) is 0.917. The van der Waals surface area contributed by atoms with Crippen LogP contribution in [0.1, 0.15) is 25.3 Å². The van der Waals surface area contributed by atoms with E-state index in [2.05, 4.69) is 19.2 Å².